The number of rotatable bonds is 4. The number of aromatic nitrogens is 1. The van der Waals surface area contributed by atoms with Gasteiger partial charge in [0.15, 0.2) is 9.84 Å². The van der Waals surface area contributed by atoms with Crippen molar-refractivity contribution in [3.63, 3.8) is 0 Å². The lowest BCUT2D eigenvalue weighted by molar-refractivity contribution is 0.00120. The van der Waals surface area contributed by atoms with Crippen molar-refractivity contribution in [3.05, 3.63) is 66.0 Å². The zero-order chi connectivity index (χ0) is 21.5. The van der Waals surface area contributed by atoms with Gasteiger partial charge in [-0.05, 0) is 42.8 Å². The molecule has 1 saturated heterocycles. The Bertz CT molecular complexity index is 1210. The first kappa shape index (κ1) is 20.4. The summed E-state index contributed by atoms with van der Waals surface area (Å²) >= 11 is 0. The minimum atomic E-state index is -3.16. The van der Waals surface area contributed by atoms with Gasteiger partial charge >= 0.3 is 0 Å². The first-order valence-electron chi connectivity index (χ1n) is 9.62. The Kier molecular flexibility index (Phi) is 5.29. The number of para-hydroxylation sites is 1. The maximum Gasteiger partial charge on any atom is 0.269 e. The molecule has 4 rings (SSSR count). The third kappa shape index (κ3) is 3.93. The molecular weight excluding hydrogens is 405 g/mol. The van der Waals surface area contributed by atoms with Crippen LogP contribution in [0.5, 0.6) is 0 Å². The highest BCUT2D eigenvalue weighted by molar-refractivity contribution is 7.91. The Morgan fingerprint density at radius 1 is 1.10 bits per heavy atom. The van der Waals surface area contributed by atoms with Gasteiger partial charge in [-0.2, -0.15) is 0 Å². The second kappa shape index (κ2) is 7.77. The van der Waals surface area contributed by atoms with Crippen molar-refractivity contribution in [1.82, 2.24) is 15.0 Å². The molecule has 0 N–H and O–H groups in total. The van der Waals surface area contributed by atoms with E-state index in [1.807, 2.05) is 24.3 Å². The van der Waals surface area contributed by atoms with Crippen molar-refractivity contribution in [1.29, 1.82) is 0 Å². The van der Waals surface area contributed by atoms with Gasteiger partial charge in [0.1, 0.15) is 5.82 Å². The van der Waals surface area contributed by atoms with E-state index in [9.17, 15) is 17.6 Å². The van der Waals surface area contributed by atoms with Crippen molar-refractivity contribution in [2.45, 2.75) is 12.5 Å². The number of nitrogens with zero attached hydrogens (tertiary/aromatic N) is 3. The van der Waals surface area contributed by atoms with E-state index < -0.39 is 15.9 Å². The van der Waals surface area contributed by atoms with Gasteiger partial charge in [-0.25, -0.2) is 22.8 Å². The Morgan fingerprint density at radius 3 is 2.43 bits per heavy atom. The standard InChI is InChI=1S/C22H22FN3O3S/c1-25(2)26(17-11-12-30(28,29)14-17)22(27)19-13-21(15-7-9-16(23)10-8-15)24-20-6-4-3-5-18(19)20/h3-10,13,17H,11-12,14H2,1-2H3. The van der Waals surface area contributed by atoms with E-state index in [1.54, 1.807) is 37.3 Å². The second-order valence-electron chi connectivity index (χ2n) is 7.63. The highest BCUT2D eigenvalue weighted by atomic mass is 32.2. The molecule has 1 aliphatic heterocycles. The molecule has 1 aliphatic rings. The van der Waals surface area contributed by atoms with Gasteiger partial charge in [-0.1, -0.05) is 18.2 Å². The number of benzene rings is 2. The summed E-state index contributed by atoms with van der Waals surface area (Å²) in [5, 5.41) is 3.84. The van der Waals surface area contributed by atoms with Crippen LogP contribution in [0.3, 0.4) is 0 Å². The number of hydrogen-bond acceptors (Lipinski definition) is 5. The fourth-order valence-electron chi connectivity index (χ4n) is 3.89. The SMILES string of the molecule is CN(C)N(C(=O)c1cc(-c2ccc(F)cc2)nc2ccccc12)C1CCS(=O)(=O)C1. The van der Waals surface area contributed by atoms with Crippen LogP contribution in [0.2, 0.25) is 0 Å². The normalized spacial score (nSPS) is 18.1. The first-order chi connectivity index (χ1) is 14.2. The number of pyridine rings is 1. The van der Waals surface area contributed by atoms with Gasteiger partial charge in [0, 0.05) is 25.0 Å². The summed E-state index contributed by atoms with van der Waals surface area (Å²) in [7, 11) is 0.303. The van der Waals surface area contributed by atoms with Crippen molar-refractivity contribution in [2.24, 2.45) is 0 Å². The van der Waals surface area contributed by atoms with Crippen molar-refractivity contribution >= 4 is 26.6 Å². The number of sulfone groups is 1. The minimum absolute atomic E-state index is 0.0508. The van der Waals surface area contributed by atoms with E-state index in [2.05, 4.69) is 4.98 Å². The van der Waals surface area contributed by atoms with Crippen LogP contribution in [0, 0.1) is 5.82 Å². The van der Waals surface area contributed by atoms with E-state index in [-0.39, 0.29) is 23.2 Å². The van der Waals surface area contributed by atoms with E-state index in [0.29, 0.717) is 34.1 Å². The smallest absolute Gasteiger partial charge is 0.268 e. The largest absolute Gasteiger partial charge is 0.269 e. The van der Waals surface area contributed by atoms with E-state index in [4.69, 9.17) is 0 Å². The molecule has 2 aromatic carbocycles. The molecule has 1 aromatic heterocycles. The van der Waals surface area contributed by atoms with Crippen LogP contribution in [-0.2, 0) is 9.84 Å². The second-order valence-corrected chi connectivity index (χ2v) is 9.86. The zero-order valence-electron chi connectivity index (χ0n) is 16.7. The number of halogens is 1. The van der Waals surface area contributed by atoms with Crippen LogP contribution < -0.4 is 0 Å². The summed E-state index contributed by atoms with van der Waals surface area (Å²) in [6.45, 7) is 0. The molecule has 0 spiro atoms. The molecule has 0 radical (unpaired) electrons. The fraction of sp³-hybridized carbons (Fsp3) is 0.273. The predicted octanol–water partition coefficient (Wildman–Crippen LogP) is 3.15. The zero-order valence-corrected chi connectivity index (χ0v) is 17.6. The molecule has 1 fully saturated rings. The van der Waals surface area contributed by atoms with E-state index in [1.165, 1.54) is 17.1 Å². The van der Waals surface area contributed by atoms with Gasteiger partial charge in [0.05, 0.1) is 34.3 Å². The molecule has 1 amide bonds. The Balaban J connectivity index is 1.83. The Labute approximate surface area is 174 Å². The molecule has 156 valence electrons. The lowest BCUT2D eigenvalue weighted by Gasteiger charge is -2.34. The predicted molar refractivity (Wildman–Crippen MR) is 114 cm³/mol. The van der Waals surface area contributed by atoms with Crippen molar-refractivity contribution < 1.29 is 17.6 Å². The summed E-state index contributed by atoms with van der Waals surface area (Å²) < 4.78 is 37.4. The first-order valence-corrected chi connectivity index (χ1v) is 11.4. The number of hydrazine groups is 1. The maximum absolute atomic E-state index is 13.6. The number of carbonyl (C=O) groups excluding carboxylic acids is 1. The Hall–Kier alpha value is -2.84. The summed E-state index contributed by atoms with van der Waals surface area (Å²) in [6, 6.07) is 14.5. The quantitative estimate of drug-likeness (QED) is 0.599. The molecule has 3 aromatic rings. The highest BCUT2D eigenvalue weighted by Crippen LogP contribution is 2.28. The van der Waals surface area contributed by atoms with Crippen LogP contribution >= 0.6 is 0 Å². The molecule has 0 bridgehead atoms. The molecule has 30 heavy (non-hydrogen) atoms. The fourth-order valence-corrected chi connectivity index (χ4v) is 5.58. The average Bonchev–Trinajstić information content (AvgIpc) is 3.06. The van der Waals surface area contributed by atoms with Crippen molar-refractivity contribution in [2.75, 3.05) is 25.6 Å². The third-order valence-corrected chi connectivity index (χ3v) is 7.03. The molecule has 0 saturated carbocycles. The third-order valence-electron chi connectivity index (χ3n) is 5.28. The molecular formula is C22H22FN3O3S. The van der Waals surface area contributed by atoms with Gasteiger partial charge < -0.3 is 0 Å². The van der Waals surface area contributed by atoms with Gasteiger partial charge in [0.2, 0.25) is 0 Å². The topological polar surface area (TPSA) is 70.6 Å². The molecule has 6 nitrogen and oxygen atoms in total. The van der Waals surface area contributed by atoms with Gasteiger partial charge in [-0.15, -0.1) is 0 Å². The number of amides is 1. The molecule has 1 atom stereocenters. The maximum atomic E-state index is 13.6. The summed E-state index contributed by atoms with van der Waals surface area (Å²) in [5.74, 6) is -0.612. The van der Waals surface area contributed by atoms with Crippen LogP contribution in [0.4, 0.5) is 4.39 Å². The number of carbonyl (C=O) groups is 1. The van der Waals surface area contributed by atoms with Crippen LogP contribution in [-0.4, -0.2) is 61.0 Å². The van der Waals surface area contributed by atoms with Crippen LogP contribution in [0.1, 0.15) is 16.8 Å². The number of hydrogen-bond donors (Lipinski definition) is 0. The highest BCUT2D eigenvalue weighted by Gasteiger charge is 2.37. The Morgan fingerprint density at radius 2 is 1.80 bits per heavy atom. The summed E-state index contributed by atoms with van der Waals surface area (Å²) in [4.78, 5) is 18.3. The summed E-state index contributed by atoms with van der Waals surface area (Å²) in [5.41, 5.74) is 2.31. The van der Waals surface area contributed by atoms with Crippen LogP contribution in [0.25, 0.3) is 22.2 Å². The van der Waals surface area contributed by atoms with E-state index in [0.717, 1.165) is 0 Å². The minimum Gasteiger partial charge on any atom is -0.268 e. The lowest BCUT2D eigenvalue weighted by Crippen LogP contribution is -2.49. The molecule has 0 aliphatic carbocycles. The molecule has 8 heteroatoms. The van der Waals surface area contributed by atoms with E-state index >= 15 is 0 Å². The van der Waals surface area contributed by atoms with Crippen molar-refractivity contribution in [3.8, 4) is 11.3 Å². The molecule has 1 unspecified atom stereocenters. The van der Waals surface area contributed by atoms with Crippen LogP contribution in [0.15, 0.2) is 54.6 Å². The lowest BCUT2D eigenvalue weighted by atomic mass is 10.0. The monoisotopic (exact) mass is 427 g/mol. The number of fused-ring (bicyclic) bond motifs is 1. The average molecular weight is 428 g/mol. The summed E-state index contributed by atoms with van der Waals surface area (Å²) in [6.07, 6.45) is 0.403. The molecule has 2 heterocycles. The van der Waals surface area contributed by atoms with Gasteiger partial charge in [0.25, 0.3) is 5.91 Å². The van der Waals surface area contributed by atoms with Gasteiger partial charge in [-0.3, -0.25) is 9.80 Å².